The van der Waals surface area contributed by atoms with Crippen LogP contribution in [-0.4, -0.2) is 11.0 Å². The van der Waals surface area contributed by atoms with Gasteiger partial charge in [-0.25, -0.2) is 0 Å². The summed E-state index contributed by atoms with van der Waals surface area (Å²) < 4.78 is 0.890. The van der Waals surface area contributed by atoms with Crippen molar-refractivity contribution < 1.29 is 0 Å². The molecular weight excluding hydrogens is 239 g/mol. The van der Waals surface area contributed by atoms with E-state index >= 15 is 0 Å². The van der Waals surface area contributed by atoms with Crippen molar-refractivity contribution >= 4 is 27.5 Å². The van der Waals surface area contributed by atoms with Crippen LogP contribution in [0.4, 0.5) is 0 Å². The Balaban J connectivity index is 2.86. The quantitative estimate of drug-likeness (QED) is 0.874. The van der Waals surface area contributed by atoms with Crippen LogP contribution in [-0.2, 0) is 6.42 Å². The van der Waals surface area contributed by atoms with E-state index in [0.29, 0.717) is 11.4 Å². The minimum Gasteiger partial charge on any atom is -0.328 e. The smallest absolute Gasteiger partial charge is 0.0633 e. The SMILES string of the molecule is CC(N)Cc1ncc(Br)cc1Cl. The zero-order chi connectivity index (χ0) is 9.14. The average molecular weight is 250 g/mol. The van der Waals surface area contributed by atoms with Crippen molar-refractivity contribution in [2.45, 2.75) is 19.4 Å². The molecule has 0 saturated heterocycles. The maximum absolute atomic E-state index is 5.93. The first-order chi connectivity index (χ1) is 5.59. The van der Waals surface area contributed by atoms with E-state index in [1.807, 2.05) is 13.0 Å². The molecule has 0 fully saturated rings. The topological polar surface area (TPSA) is 38.9 Å². The molecule has 1 rings (SSSR count). The fourth-order valence-electron chi connectivity index (χ4n) is 0.898. The highest BCUT2D eigenvalue weighted by atomic mass is 79.9. The molecule has 12 heavy (non-hydrogen) atoms. The van der Waals surface area contributed by atoms with Crippen LogP contribution < -0.4 is 5.73 Å². The molecule has 0 amide bonds. The predicted molar refractivity (Wildman–Crippen MR) is 54.3 cm³/mol. The summed E-state index contributed by atoms with van der Waals surface area (Å²) in [7, 11) is 0. The fraction of sp³-hybridized carbons (Fsp3) is 0.375. The minimum absolute atomic E-state index is 0.0937. The monoisotopic (exact) mass is 248 g/mol. The van der Waals surface area contributed by atoms with Crippen LogP contribution in [0.1, 0.15) is 12.6 Å². The number of hydrogen-bond acceptors (Lipinski definition) is 2. The van der Waals surface area contributed by atoms with Gasteiger partial charge >= 0.3 is 0 Å². The molecule has 1 aromatic heterocycles. The van der Waals surface area contributed by atoms with Gasteiger partial charge in [-0.15, -0.1) is 0 Å². The zero-order valence-corrected chi connectivity index (χ0v) is 9.06. The van der Waals surface area contributed by atoms with Crippen LogP contribution in [0.25, 0.3) is 0 Å². The Morgan fingerprint density at radius 3 is 2.92 bits per heavy atom. The molecule has 0 bridgehead atoms. The lowest BCUT2D eigenvalue weighted by Crippen LogP contribution is -2.18. The lowest BCUT2D eigenvalue weighted by molar-refractivity contribution is 0.722. The molecule has 0 spiro atoms. The van der Waals surface area contributed by atoms with E-state index in [1.165, 1.54) is 0 Å². The Hall–Kier alpha value is -0.120. The predicted octanol–water partition coefficient (Wildman–Crippen LogP) is 2.39. The van der Waals surface area contributed by atoms with Gasteiger partial charge < -0.3 is 5.73 Å². The van der Waals surface area contributed by atoms with Crippen LogP contribution >= 0.6 is 27.5 Å². The number of pyridine rings is 1. The molecule has 1 heterocycles. The molecule has 0 aliphatic rings. The first-order valence-corrected chi connectivity index (χ1v) is 4.82. The molecular formula is C8H10BrClN2. The molecule has 2 N–H and O–H groups in total. The standard InChI is InChI=1S/C8H10BrClN2/c1-5(11)2-8-7(10)3-6(9)4-12-8/h3-5H,2,11H2,1H3. The normalized spacial score (nSPS) is 13.0. The van der Waals surface area contributed by atoms with E-state index in [9.17, 15) is 0 Å². The first kappa shape index (κ1) is 9.96. The van der Waals surface area contributed by atoms with E-state index in [2.05, 4.69) is 20.9 Å². The summed E-state index contributed by atoms with van der Waals surface area (Å²) in [5.41, 5.74) is 6.48. The number of nitrogens with zero attached hydrogens (tertiary/aromatic N) is 1. The van der Waals surface area contributed by atoms with Crippen LogP contribution in [0.2, 0.25) is 5.02 Å². The lowest BCUT2D eigenvalue weighted by atomic mass is 10.2. The van der Waals surface area contributed by atoms with E-state index in [1.54, 1.807) is 6.20 Å². The number of nitrogens with two attached hydrogens (primary N) is 1. The summed E-state index contributed by atoms with van der Waals surface area (Å²) in [6, 6.07) is 1.92. The molecule has 0 aromatic carbocycles. The van der Waals surface area contributed by atoms with Crippen molar-refractivity contribution in [2.24, 2.45) is 5.73 Å². The second-order valence-electron chi connectivity index (χ2n) is 2.76. The molecule has 0 saturated carbocycles. The Labute approximate surface area is 85.3 Å². The van der Waals surface area contributed by atoms with E-state index in [4.69, 9.17) is 17.3 Å². The minimum atomic E-state index is 0.0937. The van der Waals surface area contributed by atoms with Gasteiger partial charge in [0, 0.05) is 23.1 Å². The van der Waals surface area contributed by atoms with Gasteiger partial charge in [0.1, 0.15) is 0 Å². The number of aromatic nitrogens is 1. The van der Waals surface area contributed by atoms with Gasteiger partial charge in [-0.05, 0) is 28.9 Å². The second-order valence-corrected chi connectivity index (χ2v) is 4.09. The molecule has 0 aliphatic heterocycles. The highest BCUT2D eigenvalue weighted by Crippen LogP contribution is 2.19. The summed E-state index contributed by atoms with van der Waals surface area (Å²) >= 11 is 9.21. The lowest BCUT2D eigenvalue weighted by Gasteiger charge is -2.05. The van der Waals surface area contributed by atoms with Gasteiger partial charge in [-0.2, -0.15) is 0 Å². The third-order valence-corrected chi connectivity index (χ3v) is 2.16. The number of hydrogen-bond donors (Lipinski definition) is 1. The second kappa shape index (κ2) is 4.21. The molecule has 0 radical (unpaired) electrons. The largest absolute Gasteiger partial charge is 0.328 e. The highest BCUT2D eigenvalue weighted by molar-refractivity contribution is 9.10. The fourth-order valence-corrected chi connectivity index (χ4v) is 1.60. The van der Waals surface area contributed by atoms with Gasteiger partial charge in [0.25, 0.3) is 0 Å². The van der Waals surface area contributed by atoms with Gasteiger partial charge in [0.05, 0.1) is 10.7 Å². The van der Waals surface area contributed by atoms with Crippen LogP contribution in [0.3, 0.4) is 0 Å². The van der Waals surface area contributed by atoms with Crippen LogP contribution in [0, 0.1) is 0 Å². The van der Waals surface area contributed by atoms with Gasteiger partial charge in [-0.1, -0.05) is 11.6 Å². The maximum Gasteiger partial charge on any atom is 0.0633 e. The molecule has 66 valence electrons. The number of halogens is 2. The van der Waals surface area contributed by atoms with Crippen LogP contribution in [0.5, 0.6) is 0 Å². The van der Waals surface area contributed by atoms with Crippen molar-refractivity contribution in [1.82, 2.24) is 4.98 Å². The summed E-state index contributed by atoms with van der Waals surface area (Å²) in [5.74, 6) is 0. The molecule has 2 nitrogen and oxygen atoms in total. The van der Waals surface area contributed by atoms with Crippen molar-refractivity contribution in [3.63, 3.8) is 0 Å². The number of rotatable bonds is 2. The Morgan fingerprint density at radius 1 is 1.75 bits per heavy atom. The van der Waals surface area contributed by atoms with Gasteiger partial charge in [0.2, 0.25) is 0 Å². The molecule has 4 heteroatoms. The highest BCUT2D eigenvalue weighted by Gasteiger charge is 2.04. The molecule has 1 aromatic rings. The Morgan fingerprint density at radius 2 is 2.42 bits per heavy atom. The van der Waals surface area contributed by atoms with Gasteiger partial charge in [-0.3, -0.25) is 4.98 Å². The van der Waals surface area contributed by atoms with Crippen LogP contribution in [0.15, 0.2) is 16.7 Å². The molecule has 0 aliphatic carbocycles. The third-order valence-electron chi connectivity index (χ3n) is 1.40. The average Bonchev–Trinajstić information content (AvgIpc) is 1.94. The van der Waals surface area contributed by atoms with Crippen molar-refractivity contribution in [1.29, 1.82) is 0 Å². The Kier molecular flexibility index (Phi) is 3.50. The molecule has 1 unspecified atom stereocenters. The summed E-state index contributed by atoms with van der Waals surface area (Å²) in [6.07, 6.45) is 2.44. The van der Waals surface area contributed by atoms with Crippen molar-refractivity contribution in [3.8, 4) is 0 Å². The molecule has 1 atom stereocenters. The maximum atomic E-state index is 5.93. The summed E-state index contributed by atoms with van der Waals surface area (Å²) in [5, 5.41) is 0.668. The summed E-state index contributed by atoms with van der Waals surface area (Å²) in [6.45, 7) is 1.93. The first-order valence-electron chi connectivity index (χ1n) is 3.65. The summed E-state index contributed by atoms with van der Waals surface area (Å²) in [4.78, 5) is 4.16. The van der Waals surface area contributed by atoms with E-state index in [0.717, 1.165) is 10.2 Å². The van der Waals surface area contributed by atoms with Crippen molar-refractivity contribution in [2.75, 3.05) is 0 Å². The van der Waals surface area contributed by atoms with Crippen molar-refractivity contribution in [3.05, 3.63) is 27.5 Å². The third kappa shape index (κ3) is 2.73. The van der Waals surface area contributed by atoms with E-state index < -0.39 is 0 Å². The van der Waals surface area contributed by atoms with E-state index in [-0.39, 0.29) is 6.04 Å². The van der Waals surface area contributed by atoms with Gasteiger partial charge in [0.15, 0.2) is 0 Å². The Bertz CT molecular complexity index is 276. The zero-order valence-electron chi connectivity index (χ0n) is 6.72.